The standard InChI is InChI=1S/C18H16F6N4O/c1-10(13-7-15(26-25-13)17(19,20)21)14-8-16(18(22,23)24)27-28(14)9-11-3-5-12(29-2)6-4-11/h3-8,10H,9H2,1-2H3,(H,25,26). The first-order valence-corrected chi connectivity index (χ1v) is 8.39. The molecular weight excluding hydrogens is 402 g/mol. The van der Waals surface area contributed by atoms with Gasteiger partial charge in [0.1, 0.15) is 5.75 Å². The first-order chi connectivity index (χ1) is 13.5. The number of benzene rings is 1. The minimum atomic E-state index is -4.69. The van der Waals surface area contributed by atoms with Crippen LogP contribution in [0.1, 0.15) is 41.2 Å². The first-order valence-electron chi connectivity index (χ1n) is 8.39. The van der Waals surface area contributed by atoms with E-state index in [1.54, 1.807) is 24.3 Å². The molecular formula is C18H16F6N4O. The highest BCUT2D eigenvalue weighted by Crippen LogP contribution is 2.34. The maximum absolute atomic E-state index is 13.2. The smallest absolute Gasteiger partial charge is 0.435 e. The van der Waals surface area contributed by atoms with E-state index in [-0.39, 0.29) is 17.9 Å². The minimum Gasteiger partial charge on any atom is -0.497 e. The zero-order valence-corrected chi connectivity index (χ0v) is 15.3. The van der Waals surface area contributed by atoms with E-state index in [0.717, 1.165) is 16.8 Å². The van der Waals surface area contributed by atoms with Gasteiger partial charge in [0.15, 0.2) is 11.4 Å². The molecule has 2 heterocycles. The van der Waals surface area contributed by atoms with E-state index < -0.39 is 29.7 Å². The third kappa shape index (κ3) is 4.54. The predicted octanol–water partition coefficient (Wildman–Crippen LogP) is 4.85. The van der Waals surface area contributed by atoms with Crippen LogP contribution in [-0.2, 0) is 18.9 Å². The molecule has 5 nitrogen and oxygen atoms in total. The summed E-state index contributed by atoms with van der Waals surface area (Å²) >= 11 is 0. The van der Waals surface area contributed by atoms with Gasteiger partial charge in [-0.3, -0.25) is 9.78 Å². The molecule has 29 heavy (non-hydrogen) atoms. The van der Waals surface area contributed by atoms with E-state index in [1.165, 1.54) is 14.0 Å². The highest BCUT2D eigenvalue weighted by Gasteiger charge is 2.37. The first kappa shape index (κ1) is 20.7. The molecule has 0 radical (unpaired) electrons. The summed E-state index contributed by atoms with van der Waals surface area (Å²) in [5.74, 6) is -0.253. The van der Waals surface area contributed by atoms with Crippen LogP contribution < -0.4 is 4.74 Å². The topological polar surface area (TPSA) is 55.7 Å². The molecule has 1 N–H and O–H groups in total. The number of hydrogen-bond donors (Lipinski definition) is 1. The molecule has 2 aromatic heterocycles. The number of hydrogen-bond acceptors (Lipinski definition) is 3. The van der Waals surface area contributed by atoms with E-state index >= 15 is 0 Å². The summed E-state index contributed by atoms with van der Waals surface area (Å²) in [5, 5.41) is 9.09. The molecule has 0 aliphatic rings. The number of nitrogens with zero attached hydrogens (tertiary/aromatic N) is 3. The summed E-state index contributed by atoms with van der Waals surface area (Å²) in [4.78, 5) is 0. The Kier molecular flexibility index (Phi) is 5.33. The fourth-order valence-electron chi connectivity index (χ4n) is 2.81. The van der Waals surface area contributed by atoms with Crippen LogP contribution in [0.15, 0.2) is 36.4 Å². The average Bonchev–Trinajstić information content (AvgIpc) is 3.29. The van der Waals surface area contributed by atoms with Gasteiger partial charge in [0.25, 0.3) is 0 Å². The summed E-state index contributed by atoms with van der Waals surface area (Å²) in [6.45, 7) is 1.48. The molecule has 0 aliphatic heterocycles. The lowest BCUT2D eigenvalue weighted by molar-refractivity contribution is -0.142. The summed E-state index contributed by atoms with van der Waals surface area (Å²) in [7, 11) is 1.48. The summed E-state index contributed by atoms with van der Waals surface area (Å²) in [6.07, 6.45) is -9.35. The van der Waals surface area contributed by atoms with Crippen LogP contribution in [-0.4, -0.2) is 27.1 Å². The van der Waals surface area contributed by atoms with Crippen LogP contribution in [0.2, 0.25) is 0 Å². The van der Waals surface area contributed by atoms with Gasteiger partial charge in [-0.25, -0.2) is 0 Å². The van der Waals surface area contributed by atoms with Crippen LogP contribution in [0.25, 0.3) is 0 Å². The molecule has 11 heteroatoms. The molecule has 0 aliphatic carbocycles. The molecule has 0 saturated carbocycles. The largest absolute Gasteiger partial charge is 0.497 e. The molecule has 0 amide bonds. The highest BCUT2D eigenvalue weighted by atomic mass is 19.4. The lowest BCUT2D eigenvalue weighted by atomic mass is 10.0. The third-order valence-corrected chi connectivity index (χ3v) is 4.39. The van der Waals surface area contributed by atoms with Crippen LogP contribution in [0.5, 0.6) is 5.75 Å². The van der Waals surface area contributed by atoms with Gasteiger partial charge in [0, 0.05) is 17.3 Å². The molecule has 1 unspecified atom stereocenters. The average molecular weight is 418 g/mol. The van der Waals surface area contributed by atoms with Gasteiger partial charge >= 0.3 is 12.4 Å². The molecule has 1 atom stereocenters. The van der Waals surface area contributed by atoms with Crippen molar-refractivity contribution in [1.29, 1.82) is 0 Å². The number of ether oxygens (including phenoxy) is 1. The third-order valence-electron chi connectivity index (χ3n) is 4.39. The molecule has 3 rings (SSSR count). The Bertz CT molecular complexity index is 972. The van der Waals surface area contributed by atoms with Gasteiger partial charge in [-0.15, -0.1) is 0 Å². The van der Waals surface area contributed by atoms with E-state index in [9.17, 15) is 26.3 Å². The molecule has 0 saturated heterocycles. The number of aromatic nitrogens is 4. The normalized spacial score (nSPS) is 13.5. The van der Waals surface area contributed by atoms with Crippen molar-refractivity contribution in [2.75, 3.05) is 7.11 Å². The van der Waals surface area contributed by atoms with Gasteiger partial charge in [0.05, 0.1) is 13.7 Å². The SMILES string of the molecule is COc1ccc(Cn2nc(C(F)(F)F)cc2C(C)c2cc(C(F)(F)F)n[nH]2)cc1. The van der Waals surface area contributed by atoms with E-state index in [2.05, 4.69) is 15.3 Å². The van der Waals surface area contributed by atoms with Gasteiger partial charge in [-0.2, -0.15) is 36.5 Å². The van der Waals surface area contributed by atoms with Crippen LogP contribution in [0.4, 0.5) is 26.3 Å². The van der Waals surface area contributed by atoms with Crippen molar-refractivity contribution in [1.82, 2.24) is 20.0 Å². The molecule has 1 aromatic carbocycles. The van der Waals surface area contributed by atoms with Crippen molar-refractivity contribution in [3.05, 3.63) is 64.7 Å². The maximum atomic E-state index is 13.2. The Morgan fingerprint density at radius 3 is 2.14 bits per heavy atom. The quantitative estimate of drug-likeness (QED) is 0.603. The number of nitrogens with one attached hydrogen (secondary N) is 1. The molecule has 0 fully saturated rings. The Hall–Kier alpha value is -2.98. The lowest BCUT2D eigenvalue weighted by Crippen LogP contribution is -2.11. The number of H-pyrrole nitrogens is 1. The fraction of sp³-hybridized carbons (Fsp3) is 0.333. The van der Waals surface area contributed by atoms with Crippen molar-refractivity contribution in [2.45, 2.75) is 31.7 Å². The van der Waals surface area contributed by atoms with Gasteiger partial charge in [-0.1, -0.05) is 19.1 Å². The number of alkyl halides is 6. The Morgan fingerprint density at radius 2 is 1.62 bits per heavy atom. The molecule has 156 valence electrons. The van der Waals surface area contributed by atoms with Crippen molar-refractivity contribution >= 4 is 0 Å². The van der Waals surface area contributed by atoms with E-state index in [4.69, 9.17) is 4.74 Å². The minimum absolute atomic E-state index is 0.0000126. The number of methoxy groups -OCH3 is 1. The molecule has 0 spiro atoms. The second kappa shape index (κ2) is 7.45. The Morgan fingerprint density at radius 1 is 1.00 bits per heavy atom. The van der Waals surface area contributed by atoms with Crippen LogP contribution in [0.3, 0.4) is 0 Å². The monoisotopic (exact) mass is 418 g/mol. The molecule has 0 bridgehead atoms. The van der Waals surface area contributed by atoms with Crippen LogP contribution >= 0.6 is 0 Å². The van der Waals surface area contributed by atoms with Crippen molar-refractivity contribution in [3.8, 4) is 5.75 Å². The van der Waals surface area contributed by atoms with E-state index in [0.29, 0.717) is 11.3 Å². The number of halogens is 6. The van der Waals surface area contributed by atoms with Crippen molar-refractivity contribution < 1.29 is 31.1 Å². The Labute approximate surface area is 161 Å². The summed E-state index contributed by atoms with van der Waals surface area (Å²) < 4.78 is 84.1. The van der Waals surface area contributed by atoms with Crippen molar-refractivity contribution in [2.24, 2.45) is 0 Å². The number of aromatic amines is 1. The maximum Gasteiger partial charge on any atom is 0.435 e. The van der Waals surface area contributed by atoms with E-state index in [1.807, 2.05) is 0 Å². The summed E-state index contributed by atoms with van der Waals surface area (Å²) in [6, 6.07) is 8.25. The second-order valence-electron chi connectivity index (χ2n) is 6.39. The zero-order chi connectivity index (χ0) is 21.4. The van der Waals surface area contributed by atoms with Crippen LogP contribution in [0, 0.1) is 0 Å². The molecule has 3 aromatic rings. The predicted molar refractivity (Wildman–Crippen MR) is 90.4 cm³/mol. The number of rotatable bonds is 5. The van der Waals surface area contributed by atoms with Gasteiger partial charge < -0.3 is 4.74 Å². The fourth-order valence-corrected chi connectivity index (χ4v) is 2.81. The summed E-state index contributed by atoms with van der Waals surface area (Å²) in [5.41, 5.74) is -1.48. The Balaban J connectivity index is 1.97. The highest BCUT2D eigenvalue weighted by molar-refractivity contribution is 5.30. The lowest BCUT2D eigenvalue weighted by Gasteiger charge is -2.13. The zero-order valence-electron chi connectivity index (χ0n) is 15.3. The van der Waals surface area contributed by atoms with Gasteiger partial charge in [-0.05, 0) is 29.8 Å². The van der Waals surface area contributed by atoms with Gasteiger partial charge in [0.2, 0.25) is 0 Å². The van der Waals surface area contributed by atoms with Crippen molar-refractivity contribution in [3.63, 3.8) is 0 Å². The second-order valence-corrected chi connectivity index (χ2v) is 6.39.